The number of halogens is 1. The molecule has 0 saturated carbocycles. The van der Waals surface area contributed by atoms with Gasteiger partial charge in [0.2, 0.25) is 0 Å². The molecule has 7 nitrogen and oxygen atoms in total. The number of anilines is 1. The molecule has 2 aromatic carbocycles. The molecule has 0 aliphatic rings. The van der Waals surface area contributed by atoms with E-state index in [1.54, 1.807) is 19.2 Å². The number of amides is 2. The molecule has 0 unspecified atom stereocenters. The molecule has 2 amide bonds. The average molecular weight is 383 g/mol. The maximum atomic E-state index is 13.1. The van der Waals surface area contributed by atoms with Crippen LogP contribution >= 0.6 is 0 Å². The van der Waals surface area contributed by atoms with Crippen LogP contribution in [0.1, 0.15) is 11.1 Å². The number of aryl methyl sites for hydroxylation is 2. The van der Waals surface area contributed by atoms with Crippen molar-refractivity contribution in [2.75, 3.05) is 11.9 Å². The first-order valence-corrected chi connectivity index (χ1v) is 8.87. The quantitative estimate of drug-likeness (QED) is 0.711. The lowest BCUT2D eigenvalue weighted by atomic mass is 10.1. The van der Waals surface area contributed by atoms with Crippen molar-refractivity contribution in [3.05, 3.63) is 69.9 Å². The van der Waals surface area contributed by atoms with Crippen LogP contribution in [0.15, 0.2) is 47.3 Å². The SMILES string of the molecule is Cc1ccc(NC(=O)NCCn2nc(-c3ccc(F)cc3)n(C)c2=O)cc1C. The van der Waals surface area contributed by atoms with Gasteiger partial charge >= 0.3 is 11.7 Å². The largest absolute Gasteiger partial charge is 0.345 e. The normalized spacial score (nSPS) is 10.7. The standard InChI is InChI=1S/C20H22FN5O2/c1-13-4-9-17(12-14(13)2)23-19(27)22-10-11-26-20(28)25(3)18(24-26)15-5-7-16(21)8-6-15/h4-9,12H,10-11H2,1-3H3,(H2,22,23,27). The molecule has 146 valence electrons. The number of benzene rings is 2. The zero-order chi connectivity index (χ0) is 20.3. The van der Waals surface area contributed by atoms with Crippen LogP contribution in [0.4, 0.5) is 14.9 Å². The van der Waals surface area contributed by atoms with Crippen molar-refractivity contribution in [3.63, 3.8) is 0 Å². The van der Waals surface area contributed by atoms with Gasteiger partial charge in [0.25, 0.3) is 0 Å². The van der Waals surface area contributed by atoms with E-state index in [9.17, 15) is 14.0 Å². The number of rotatable bonds is 5. The fraction of sp³-hybridized carbons (Fsp3) is 0.250. The second-order valence-electron chi connectivity index (χ2n) is 6.58. The van der Waals surface area contributed by atoms with Crippen LogP contribution in [-0.4, -0.2) is 26.9 Å². The summed E-state index contributed by atoms with van der Waals surface area (Å²) in [4.78, 5) is 24.4. The Kier molecular flexibility index (Phi) is 5.58. The van der Waals surface area contributed by atoms with Crippen molar-refractivity contribution in [1.29, 1.82) is 0 Å². The van der Waals surface area contributed by atoms with Crippen molar-refractivity contribution in [2.24, 2.45) is 7.05 Å². The molecule has 3 rings (SSSR count). The Labute approximate surface area is 161 Å². The Morgan fingerprint density at radius 1 is 1.11 bits per heavy atom. The van der Waals surface area contributed by atoms with E-state index in [0.29, 0.717) is 17.1 Å². The van der Waals surface area contributed by atoms with Crippen molar-refractivity contribution in [2.45, 2.75) is 20.4 Å². The van der Waals surface area contributed by atoms with Gasteiger partial charge in [0.05, 0.1) is 6.54 Å². The van der Waals surface area contributed by atoms with Crippen molar-refractivity contribution >= 4 is 11.7 Å². The number of carbonyl (C=O) groups is 1. The highest BCUT2D eigenvalue weighted by Crippen LogP contribution is 2.15. The Morgan fingerprint density at radius 2 is 1.82 bits per heavy atom. The lowest BCUT2D eigenvalue weighted by molar-refractivity contribution is 0.251. The van der Waals surface area contributed by atoms with Gasteiger partial charge in [-0.25, -0.2) is 18.7 Å². The third-order valence-corrected chi connectivity index (χ3v) is 4.52. The number of nitrogens with one attached hydrogen (secondary N) is 2. The van der Waals surface area contributed by atoms with E-state index < -0.39 is 0 Å². The summed E-state index contributed by atoms with van der Waals surface area (Å²) in [5.74, 6) is 0.0803. The highest BCUT2D eigenvalue weighted by Gasteiger charge is 2.12. The Hall–Kier alpha value is -3.42. The van der Waals surface area contributed by atoms with Crippen LogP contribution in [0.2, 0.25) is 0 Å². The van der Waals surface area contributed by atoms with Gasteiger partial charge in [0.15, 0.2) is 5.82 Å². The Bertz CT molecular complexity index is 1050. The van der Waals surface area contributed by atoms with Crippen LogP contribution in [0.5, 0.6) is 0 Å². The summed E-state index contributed by atoms with van der Waals surface area (Å²) in [6, 6.07) is 11.1. The fourth-order valence-corrected chi connectivity index (χ4v) is 2.75. The molecule has 1 heterocycles. The summed E-state index contributed by atoms with van der Waals surface area (Å²) in [5, 5.41) is 9.75. The molecule has 0 radical (unpaired) electrons. The van der Waals surface area contributed by atoms with Gasteiger partial charge in [-0.1, -0.05) is 6.07 Å². The van der Waals surface area contributed by atoms with Gasteiger partial charge in [-0.3, -0.25) is 4.57 Å². The molecule has 1 aromatic heterocycles. The van der Waals surface area contributed by atoms with Gasteiger partial charge in [-0.05, 0) is 61.4 Å². The number of aromatic nitrogens is 3. The Balaban J connectivity index is 1.61. The van der Waals surface area contributed by atoms with E-state index >= 15 is 0 Å². The molecule has 3 aromatic rings. The summed E-state index contributed by atoms with van der Waals surface area (Å²) < 4.78 is 15.8. The topological polar surface area (TPSA) is 81.0 Å². The molecule has 28 heavy (non-hydrogen) atoms. The van der Waals surface area contributed by atoms with E-state index in [2.05, 4.69) is 15.7 Å². The zero-order valence-electron chi connectivity index (χ0n) is 16.0. The third kappa shape index (κ3) is 4.28. The van der Waals surface area contributed by atoms with E-state index in [1.165, 1.54) is 21.4 Å². The molecule has 0 saturated heterocycles. The smallest absolute Gasteiger partial charge is 0.336 e. The van der Waals surface area contributed by atoms with Gasteiger partial charge in [0, 0.05) is 24.8 Å². The molecule has 2 N–H and O–H groups in total. The minimum Gasteiger partial charge on any atom is -0.336 e. The van der Waals surface area contributed by atoms with Crippen LogP contribution in [0.3, 0.4) is 0 Å². The van der Waals surface area contributed by atoms with Crippen molar-refractivity contribution in [3.8, 4) is 11.4 Å². The molecule has 0 aliphatic heterocycles. The highest BCUT2D eigenvalue weighted by molar-refractivity contribution is 5.89. The fourth-order valence-electron chi connectivity index (χ4n) is 2.75. The number of hydrogen-bond donors (Lipinski definition) is 2. The predicted molar refractivity (Wildman–Crippen MR) is 106 cm³/mol. The first kappa shape index (κ1) is 19.3. The highest BCUT2D eigenvalue weighted by atomic mass is 19.1. The minimum atomic E-state index is -0.356. The molecule has 8 heteroatoms. The van der Waals surface area contributed by atoms with Gasteiger partial charge in [0.1, 0.15) is 5.82 Å². The zero-order valence-corrected chi connectivity index (χ0v) is 16.0. The summed E-state index contributed by atoms with van der Waals surface area (Å²) in [5.41, 5.74) is 3.27. The van der Waals surface area contributed by atoms with Gasteiger partial charge in [-0.2, -0.15) is 0 Å². The maximum absolute atomic E-state index is 13.1. The van der Waals surface area contributed by atoms with E-state index in [4.69, 9.17) is 0 Å². The number of nitrogens with zero attached hydrogens (tertiary/aromatic N) is 3. The van der Waals surface area contributed by atoms with Crippen LogP contribution < -0.4 is 16.3 Å². The summed E-state index contributed by atoms with van der Waals surface area (Å²) in [6.07, 6.45) is 0. The predicted octanol–water partition coefficient (Wildman–Crippen LogP) is 2.83. The molecular weight excluding hydrogens is 361 g/mol. The number of hydrogen-bond acceptors (Lipinski definition) is 3. The van der Waals surface area contributed by atoms with Gasteiger partial charge < -0.3 is 10.6 Å². The Morgan fingerprint density at radius 3 is 2.50 bits per heavy atom. The first-order chi connectivity index (χ1) is 13.3. The first-order valence-electron chi connectivity index (χ1n) is 8.87. The van der Waals surface area contributed by atoms with Crippen LogP contribution in [-0.2, 0) is 13.6 Å². The van der Waals surface area contributed by atoms with Crippen molar-refractivity contribution in [1.82, 2.24) is 19.7 Å². The lowest BCUT2D eigenvalue weighted by Crippen LogP contribution is -2.34. The molecule has 0 fully saturated rings. The van der Waals surface area contributed by atoms with Crippen LogP contribution in [0, 0.1) is 19.7 Å². The van der Waals surface area contributed by atoms with E-state index in [-0.39, 0.29) is 30.6 Å². The van der Waals surface area contributed by atoms with E-state index in [0.717, 1.165) is 11.1 Å². The molecule has 0 spiro atoms. The maximum Gasteiger partial charge on any atom is 0.345 e. The summed E-state index contributed by atoms with van der Waals surface area (Å²) >= 11 is 0. The molecular formula is C20H22FN5O2. The van der Waals surface area contributed by atoms with Crippen molar-refractivity contribution < 1.29 is 9.18 Å². The molecule has 0 aliphatic carbocycles. The second-order valence-corrected chi connectivity index (χ2v) is 6.58. The lowest BCUT2D eigenvalue weighted by Gasteiger charge is -2.09. The second kappa shape index (κ2) is 8.08. The van der Waals surface area contributed by atoms with E-state index in [1.807, 2.05) is 32.0 Å². The molecule has 0 bridgehead atoms. The third-order valence-electron chi connectivity index (χ3n) is 4.52. The van der Waals surface area contributed by atoms with Gasteiger partial charge in [-0.15, -0.1) is 5.10 Å². The summed E-state index contributed by atoms with van der Waals surface area (Å²) in [6.45, 7) is 4.43. The van der Waals surface area contributed by atoms with Crippen LogP contribution in [0.25, 0.3) is 11.4 Å². The monoisotopic (exact) mass is 383 g/mol. The average Bonchev–Trinajstić information content (AvgIpc) is 2.94. The number of carbonyl (C=O) groups excluding carboxylic acids is 1. The summed E-state index contributed by atoms with van der Waals surface area (Å²) in [7, 11) is 1.60. The number of urea groups is 1. The molecule has 0 atom stereocenters. The minimum absolute atomic E-state index is 0.216.